The lowest BCUT2D eigenvalue weighted by atomic mass is 9.84. The van der Waals surface area contributed by atoms with Crippen molar-refractivity contribution in [1.82, 2.24) is 0 Å². The highest BCUT2D eigenvalue weighted by atomic mass is 14.2. The maximum absolute atomic E-state index is 2.38. The molecule has 0 aliphatic carbocycles. The molecule has 0 saturated carbocycles. The Morgan fingerprint density at radius 1 is 0.229 bits per heavy atom. The van der Waals surface area contributed by atoms with E-state index in [1.807, 2.05) is 0 Å². The van der Waals surface area contributed by atoms with Crippen molar-refractivity contribution in [2.75, 3.05) is 0 Å². The van der Waals surface area contributed by atoms with Gasteiger partial charge < -0.3 is 0 Å². The molecular weight excluding hydrogens is 577 g/mol. The van der Waals surface area contributed by atoms with Crippen LogP contribution in [0.2, 0.25) is 0 Å². The minimum Gasteiger partial charge on any atom is -0.0616 e. The highest BCUT2D eigenvalue weighted by Crippen LogP contribution is 2.46. The molecule has 48 heavy (non-hydrogen) atoms. The second-order valence-electron chi connectivity index (χ2n) is 12.8. The van der Waals surface area contributed by atoms with Crippen molar-refractivity contribution in [3.05, 3.63) is 182 Å². The Morgan fingerprint density at radius 3 is 1.35 bits per heavy atom. The summed E-state index contributed by atoms with van der Waals surface area (Å²) in [7, 11) is 0. The number of hydrogen-bond donors (Lipinski definition) is 0. The highest BCUT2D eigenvalue weighted by molar-refractivity contribution is 6.25. The molecule has 0 radical (unpaired) electrons. The summed E-state index contributed by atoms with van der Waals surface area (Å²) in [6.45, 7) is 0. The predicted molar refractivity (Wildman–Crippen MR) is 208 cm³/mol. The van der Waals surface area contributed by atoms with Gasteiger partial charge in [0.1, 0.15) is 0 Å². The first-order chi connectivity index (χ1) is 23.8. The normalized spacial score (nSPS) is 11.8. The number of fused-ring (bicyclic) bond motifs is 8. The van der Waals surface area contributed by atoms with Crippen LogP contribution in [0.5, 0.6) is 0 Å². The lowest BCUT2D eigenvalue weighted by Gasteiger charge is -2.19. The van der Waals surface area contributed by atoms with E-state index in [-0.39, 0.29) is 0 Å². The van der Waals surface area contributed by atoms with Crippen molar-refractivity contribution in [2.45, 2.75) is 0 Å². The van der Waals surface area contributed by atoms with Gasteiger partial charge in [-0.15, -0.1) is 0 Å². The van der Waals surface area contributed by atoms with E-state index < -0.39 is 0 Å². The molecule has 10 aromatic rings. The van der Waals surface area contributed by atoms with Crippen LogP contribution in [0, 0.1) is 0 Å². The van der Waals surface area contributed by atoms with E-state index >= 15 is 0 Å². The van der Waals surface area contributed by atoms with Crippen LogP contribution in [0.1, 0.15) is 0 Å². The summed E-state index contributed by atoms with van der Waals surface area (Å²) in [5, 5.41) is 15.4. The highest BCUT2D eigenvalue weighted by Gasteiger charge is 2.18. The predicted octanol–water partition coefficient (Wildman–Crippen LogP) is 13.6. The van der Waals surface area contributed by atoms with Gasteiger partial charge in [-0.2, -0.15) is 0 Å². The zero-order chi connectivity index (χ0) is 31.6. The molecule has 0 amide bonds. The average Bonchev–Trinajstić information content (AvgIpc) is 3.16. The minimum atomic E-state index is 1.23. The summed E-state index contributed by atoms with van der Waals surface area (Å²) in [4.78, 5) is 0. The van der Waals surface area contributed by atoms with Crippen molar-refractivity contribution in [2.24, 2.45) is 0 Å². The van der Waals surface area contributed by atoms with Crippen molar-refractivity contribution in [1.29, 1.82) is 0 Å². The second kappa shape index (κ2) is 10.7. The Morgan fingerprint density at radius 2 is 0.688 bits per heavy atom. The van der Waals surface area contributed by atoms with E-state index in [2.05, 4.69) is 182 Å². The van der Waals surface area contributed by atoms with Gasteiger partial charge in [-0.3, -0.25) is 0 Å². The van der Waals surface area contributed by atoms with E-state index in [9.17, 15) is 0 Å². The number of benzene rings is 10. The molecule has 0 aliphatic heterocycles. The second-order valence-corrected chi connectivity index (χ2v) is 12.8. The van der Waals surface area contributed by atoms with Crippen LogP contribution < -0.4 is 0 Å². The quantitative estimate of drug-likeness (QED) is 0.139. The third-order valence-electron chi connectivity index (χ3n) is 10.2. The van der Waals surface area contributed by atoms with Crippen molar-refractivity contribution in [3.8, 4) is 33.4 Å². The zero-order valence-corrected chi connectivity index (χ0v) is 26.3. The first kappa shape index (κ1) is 26.9. The zero-order valence-electron chi connectivity index (χ0n) is 26.3. The third kappa shape index (κ3) is 4.03. The van der Waals surface area contributed by atoms with Crippen LogP contribution in [0.25, 0.3) is 98.0 Å². The van der Waals surface area contributed by atoms with Gasteiger partial charge in [-0.05, 0) is 104 Å². The Balaban J connectivity index is 1.19. The SMILES string of the molecule is c1ccc2c(-c3c4ccccc4c(-c4ccc(-c5cc6ccc7ccccc7c6c6ccccc56)cc4)c4ccccc34)cccc2c1. The molecule has 0 atom stereocenters. The summed E-state index contributed by atoms with van der Waals surface area (Å²) in [5.74, 6) is 0. The van der Waals surface area contributed by atoms with Crippen molar-refractivity contribution in [3.63, 3.8) is 0 Å². The molecule has 0 spiro atoms. The number of rotatable bonds is 3. The van der Waals surface area contributed by atoms with Gasteiger partial charge in [-0.1, -0.05) is 176 Å². The van der Waals surface area contributed by atoms with Gasteiger partial charge in [-0.25, -0.2) is 0 Å². The molecule has 0 saturated heterocycles. The van der Waals surface area contributed by atoms with Gasteiger partial charge in [0.15, 0.2) is 0 Å². The maximum Gasteiger partial charge on any atom is -0.00201 e. The Labute approximate surface area is 279 Å². The fourth-order valence-corrected chi connectivity index (χ4v) is 8.11. The Bertz CT molecular complexity index is 2810. The fraction of sp³-hybridized carbons (Fsp3) is 0. The van der Waals surface area contributed by atoms with E-state index in [1.54, 1.807) is 0 Å². The standard InChI is InChI=1S/C48H30/c1-3-15-36-31(12-1)14-11-23-39(36)48-43-21-9-7-19-41(43)46(42-20-8-10-22-44(42)48)34-27-24-33(25-28-34)45-30-35-29-26-32-13-2-4-16-37(32)47(35)40-18-6-5-17-38(40)45/h1-30H. The van der Waals surface area contributed by atoms with Crippen LogP contribution in [0.3, 0.4) is 0 Å². The molecule has 222 valence electrons. The van der Waals surface area contributed by atoms with Gasteiger partial charge >= 0.3 is 0 Å². The van der Waals surface area contributed by atoms with Gasteiger partial charge in [0.05, 0.1) is 0 Å². The topological polar surface area (TPSA) is 0 Å². The monoisotopic (exact) mass is 606 g/mol. The largest absolute Gasteiger partial charge is 0.0616 e. The molecule has 0 aromatic heterocycles. The lowest BCUT2D eigenvalue weighted by molar-refractivity contribution is 1.64. The fourth-order valence-electron chi connectivity index (χ4n) is 8.11. The van der Waals surface area contributed by atoms with Gasteiger partial charge in [0, 0.05) is 0 Å². The Hall–Kier alpha value is -6.24. The first-order valence-electron chi connectivity index (χ1n) is 16.7. The summed E-state index contributed by atoms with van der Waals surface area (Å²) in [5.41, 5.74) is 7.58. The summed E-state index contributed by atoms with van der Waals surface area (Å²) in [6, 6.07) is 67.0. The van der Waals surface area contributed by atoms with Crippen LogP contribution in [-0.4, -0.2) is 0 Å². The molecule has 0 bridgehead atoms. The smallest absolute Gasteiger partial charge is 0.00201 e. The summed E-state index contributed by atoms with van der Waals surface area (Å²) in [6.07, 6.45) is 0. The van der Waals surface area contributed by atoms with Crippen LogP contribution >= 0.6 is 0 Å². The summed E-state index contributed by atoms with van der Waals surface area (Å²) >= 11 is 0. The third-order valence-corrected chi connectivity index (χ3v) is 10.2. The minimum absolute atomic E-state index is 1.23. The molecular formula is C48H30. The molecule has 10 aromatic carbocycles. The van der Waals surface area contributed by atoms with Crippen LogP contribution in [-0.2, 0) is 0 Å². The van der Waals surface area contributed by atoms with E-state index in [0.717, 1.165) is 0 Å². The maximum atomic E-state index is 2.38. The molecule has 0 heterocycles. The molecule has 0 fully saturated rings. The Kier molecular flexibility index (Phi) is 5.98. The van der Waals surface area contributed by atoms with Crippen molar-refractivity contribution < 1.29 is 0 Å². The van der Waals surface area contributed by atoms with Crippen LogP contribution in [0.4, 0.5) is 0 Å². The molecule has 0 heteroatoms. The summed E-state index contributed by atoms with van der Waals surface area (Å²) < 4.78 is 0. The van der Waals surface area contributed by atoms with Gasteiger partial charge in [0.2, 0.25) is 0 Å². The lowest BCUT2D eigenvalue weighted by Crippen LogP contribution is -1.92. The van der Waals surface area contributed by atoms with Gasteiger partial charge in [0.25, 0.3) is 0 Å². The molecule has 10 rings (SSSR count). The molecule has 0 nitrogen and oxygen atoms in total. The average molecular weight is 607 g/mol. The molecule has 0 aliphatic rings. The van der Waals surface area contributed by atoms with Crippen LogP contribution in [0.15, 0.2) is 182 Å². The van der Waals surface area contributed by atoms with E-state index in [1.165, 1.54) is 98.0 Å². The van der Waals surface area contributed by atoms with E-state index in [0.29, 0.717) is 0 Å². The molecule has 0 unspecified atom stereocenters. The number of hydrogen-bond acceptors (Lipinski definition) is 0. The van der Waals surface area contributed by atoms with Crippen molar-refractivity contribution >= 4 is 64.6 Å². The van der Waals surface area contributed by atoms with E-state index in [4.69, 9.17) is 0 Å². The first-order valence-corrected chi connectivity index (χ1v) is 16.7. The molecule has 0 N–H and O–H groups in total.